The van der Waals surface area contributed by atoms with Crippen molar-refractivity contribution in [2.45, 2.75) is 18.2 Å². The van der Waals surface area contributed by atoms with Gasteiger partial charge < -0.3 is 0 Å². The minimum Gasteiger partial charge on any atom is -0.293 e. The van der Waals surface area contributed by atoms with E-state index >= 15 is 0 Å². The first kappa shape index (κ1) is 12.8. The molecule has 0 bridgehead atoms. The average molecular weight is 288 g/mol. The van der Waals surface area contributed by atoms with Gasteiger partial charge in [-0.15, -0.1) is 0 Å². The minimum atomic E-state index is -2.77. The fourth-order valence-corrected chi connectivity index (χ4v) is 1.55. The van der Waals surface area contributed by atoms with E-state index in [9.17, 15) is 13.6 Å². The van der Waals surface area contributed by atoms with Gasteiger partial charge in [0.2, 0.25) is 0 Å². The number of alkyl halides is 3. The molecule has 2 nitrogen and oxygen atoms in total. The van der Waals surface area contributed by atoms with Crippen molar-refractivity contribution < 1.29 is 13.6 Å². The van der Waals surface area contributed by atoms with Crippen molar-refractivity contribution in [2.75, 3.05) is 0 Å². The second-order valence-electron chi connectivity index (χ2n) is 3.16. The number of carbonyl (C=O) groups is 1. The second-order valence-corrected chi connectivity index (χ2v) is 4.54. The summed E-state index contributed by atoms with van der Waals surface area (Å²) in [6.07, 6.45) is -2.77. The lowest BCUT2D eigenvalue weighted by Gasteiger charge is -2.10. The van der Waals surface area contributed by atoms with Crippen LogP contribution in [0.3, 0.4) is 0 Å². The van der Waals surface area contributed by atoms with Crippen molar-refractivity contribution >= 4 is 21.7 Å². The number of benzene rings is 1. The summed E-state index contributed by atoms with van der Waals surface area (Å²) in [6.45, 7) is 1.53. The first-order chi connectivity index (χ1) is 7.49. The van der Waals surface area contributed by atoms with Gasteiger partial charge in [-0.3, -0.25) is 4.79 Å². The summed E-state index contributed by atoms with van der Waals surface area (Å²) in [6, 6.07) is 5.61. The smallest absolute Gasteiger partial charge is 0.264 e. The van der Waals surface area contributed by atoms with Gasteiger partial charge in [0.15, 0.2) is 5.78 Å². The molecule has 1 unspecified atom stereocenters. The number of nitrogens with zero attached hydrogens (tertiary/aromatic N) is 1. The van der Waals surface area contributed by atoms with Gasteiger partial charge in [0.05, 0.1) is 16.5 Å². The Bertz CT molecular complexity index is 452. The SMILES string of the molecule is CC(Br)C(=O)c1c(C#N)cccc1C(F)F. The second kappa shape index (κ2) is 5.17. The van der Waals surface area contributed by atoms with Crippen molar-refractivity contribution in [1.82, 2.24) is 0 Å². The van der Waals surface area contributed by atoms with Gasteiger partial charge in [-0.1, -0.05) is 28.1 Å². The third kappa shape index (κ3) is 2.45. The number of Topliss-reactive ketones (excluding diaryl/α,β-unsaturated/α-hetero) is 1. The van der Waals surface area contributed by atoms with Gasteiger partial charge >= 0.3 is 0 Å². The molecular formula is C11H8BrF2NO. The van der Waals surface area contributed by atoms with Crippen LogP contribution in [0.25, 0.3) is 0 Å². The molecular weight excluding hydrogens is 280 g/mol. The number of ketones is 1. The van der Waals surface area contributed by atoms with Crippen molar-refractivity contribution in [2.24, 2.45) is 0 Å². The van der Waals surface area contributed by atoms with E-state index in [1.165, 1.54) is 19.1 Å². The molecule has 0 N–H and O–H groups in total. The number of rotatable bonds is 3. The van der Waals surface area contributed by atoms with Gasteiger partial charge in [-0.25, -0.2) is 8.78 Å². The summed E-state index contributed by atoms with van der Waals surface area (Å²) in [5, 5.41) is 8.79. The number of halogens is 3. The predicted molar refractivity (Wildman–Crippen MR) is 58.8 cm³/mol. The highest BCUT2D eigenvalue weighted by Gasteiger charge is 2.24. The Hall–Kier alpha value is -1.28. The molecule has 1 rings (SSSR count). The molecule has 1 aromatic carbocycles. The lowest BCUT2D eigenvalue weighted by molar-refractivity contribution is 0.0981. The van der Waals surface area contributed by atoms with E-state index in [2.05, 4.69) is 15.9 Å². The topological polar surface area (TPSA) is 40.9 Å². The summed E-state index contributed by atoms with van der Waals surface area (Å²) in [5.74, 6) is -0.507. The average Bonchev–Trinajstić information content (AvgIpc) is 2.26. The van der Waals surface area contributed by atoms with Crippen LogP contribution in [-0.2, 0) is 0 Å². The molecule has 16 heavy (non-hydrogen) atoms. The van der Waals surface area contributed by atoms with Crippen LogP contribution in [0, 0.1) is 11.3 Å². The first-order valence-corrected chi connectivity index (χ1v) is 5.40. The monoisotopic (exact) mass is 287 g/mol. The normalized spacial score (nSPS) is 12.2. The third-order valence-electron chi connectivity index (χ3n) is 2.06. The highest BCUT2D eigenvalue weighted by molar-refractivity contribution is 9.10. The molecule has 0 aliphatic rings. The molecule has 1 aromatic rings. The van der Waals surface area contributed by atoms with Crippen LogP contribution in [0.2, 0.25) is 0 Å². The molecule has 0 heterocycles. The molecule has 0 amide bonds. The van der Waals surface area contributed by atoms with Gasteiger partial charge in [-0.05, 0) is 13.0 Å². The Balaban J connectivity index is 3.43. The standard InChI is InChI=1S/C11H8BrF2NO/c1-6(12)10(16)9-7(5-15)3-2-4-8(9)11(13)14/h2-4,6,11H,1H3. The molecule has 0 aliphatic carbocycles. The highest BCUT2D eigenvalue weighted by atomic mass is 79.9. The molecule has 0 fully saturated rings. The van der Waals surface area contributed by atoms with E-state index in [-0.39, 0.29) is 11.1 Å². The molecule has 84 valence electrons. The molecule has 0 saturated carbocycles. The fourth-order valence-electron chi connectivity index (χ4n) is 1.32. The van der Waals surface area contributed by atoms with Crippen LogP contribution in [0.1, 0.15) is 34.8 Å². The summed E-state index contributed by atoms with van der Waals surface area (Å²) in [5.41, 5.74) is -0.603. The summed E-state index contributed by atoms with van der Waals surface area (Å²) in [4.78, 5) is 11.1. The zero-order valence-electron chi connectivity index (χ0n) is 8.38. The lowest BCUT2D eigenvalue weighted by atomic mass is 9.97. The van der Waals surface area contributed by atoms with Crippen molar-refractivity contribution in [3.63, 3.8) is 0 Å². The van der Waals surface area contributed by atoms with Crippen LogP contribution in [-0.4, -0.2) is 10.6 Å². The highest BCUT2D eigenvalue weighted by Crippen LogP contribution is 2.27. The molecule has 0 aliphatic heterocycles. The maximum atomic E-state index is 12.7. The Labute approximate surface area is 100 Å². The van der Waals surface area contributed by atoms with Crippen LogP contribution in [0.4, 0.5) is 8.78 Å². The number of hydrogen-bond acceptors (Lipinski definition) is 2. The van der Waals surface area contributed by atoms with Gasteiger partial charge in [0, 0.05) is 11.1 Å². The predicted octanol–water partition coefficient (Wildman–Crippen LogP) is 3.46. The molecule has 0 radical (unpaired) electrons. The summed E-state index contributed by atoms with van der Waals surface area (Å²) < 4.78 is 25.4. The van der Waals surface area contributed by atoms with Gasteiger partial charge in [0.1, 0.15) is 0 Å². The molecule has 0 aromatic heterocycles. The van der Waals surface area contributed by atoms with Crippen LogP contribution in [0.5, 0.6) is 0 Å². The summed E-state index contributed by atoms with van der Waals surface area (Å²) in [7, 11) is 0. The van der Waals surface area contributed by atoms with E-state index in [4.69, 9.17) is 5.26 Å². The lowest BCUT2D eigenvalue weighted by Crippen LogP contribution is -2.15. The summed E-state index contributed by atoms with van der Waals surface area (Å²) >= 11 is 3.02. The van der Waals surface area contributed by atoms with E-state index in [1.54, 1.807) is 6.07 Å². The molecule has 0 saturated heterocycles. The van der Waals surface area contributed by atoms with Crippen molar-refractivity contribution in [3.05, 3.63) is 34.9 Å². The van der Waals surface area contributed by atoms with Crippen LogP contribution >= 0.6 is 15.9 Å². The first-order valence-electron chi connectivity index (χ1n) is 4.48. The number of hydrogen-bond donors (Lipinski definition) is 0. The van der Waals surface area contributed by atoms with Crippen LogP contribution in [0.15, 0.2) is 18.2 Å². The minimum absolute atomic E-state index is 0.0194. The fraction of sp³-hybridized carbons (Fsp3) is 0.273. The third-order valence-corrected chi connectivity index (χ3v) is 2.48. The maximum absolute atomic E-state index is 12.7. The van der Waals surface area contributed by atoms with Crippen LogP contribution < -0.4 is 0 Å². The quantitative estimate of drug-likeness (QED) is 0.631. The zero-order valence-corrected chi connectivity index (χ0v) is 9.96. The Kier molecular flexibility index (Phi) is 4.13. The largest absolute Gasteiger partial charge is 0.293 e. The van der Waals surface area contributed by atoms with Gasteiger partial charge in [0.25, 0.3) is 6.43 Å². The zero-order chi connectivity index (χ0) is 12.3. The Morgan fingerprint density at radius 3 is 2.56 bits per heavy atom. The molecule has 5 heteroatoms. The molecule has 0 spiro atoms. The van der Waals surface area contributed by atoms with Crippen molar-refractivity contribution in [1.29, 1.82) is 5.26 Å². The maximum Gasteiger partial charge on any atom is 0.264 e. The Morgan fingerprint density at radius 1 is 1.50 bits per heavy atom. The van der Waals surface area contributed by atoms with E-state index < -0.39 is 22.6 Å². The van der Waals surface area contributed by atoms with Gasteiger partial charge in [-0.2, -0.15) is 5.26 Å². The van der Waals surface area contributed by atoms with E-state index in [1.807, 2.05) is 0 Å². The Morgan fingerprint density at radius 2 is 2.12 bits per heavy atom. The number of carbonyl (C=O) groups excluding carboxylic acids is 1. The number of nitriles is 1. The van der Waals surface area contributed by atoms with Crippen molar-refractivity contribution in [3.8, 4) is 6.07 Å². The van der Waals surface area contributed by atoms with E-state index in [0.29, 0.717) is 0 Å². The molecule has 1 atom stereocenters. The van der Waals surface area contributed by atoms with E-state index in [0.717, 1.165) is 6.07 Å².